The minimum absolute atomic E-state index is 0.129. The Morgan fingerprint density at radius 1 is 1.53 bits per heavy atom. The van der Waals surface area contributed by atoms with Crippen molar-refractivity contribution in [2.45, 2.75) is 32.3 Å². The molecule has 0 aromatic rings. The number of alkyl halides is 3. The molecule has 0 aromatic heterocycles. The number of halogens is 3. The molecule has 1 heterocycles. The molecule has 0 aliphatic carbocycles. The van der Waals surface area contributed by atoms with Crippen molar-refractivity contribution in [2.75, 3.05) is 13.7 Å². The lowest BCUT2D eigenvalue weighted by molar-refractivity contribution is -0.187. The van der Waals surface area contributed by atoms with Crippen molar-refractivity contribution >= 4 is 6.21 Å². The average molecular weight is 250 g/mol. The molecule has 98 valence electrons. The largest absolute Gasteiger partial charge is 0.411 e. The number of aliphatic imine (C=N–C) groups is 1. The number of rotatable bonds is 4. The Morgan fingerprint density at radius 2 is 2.18 bits per heavy atom. The number of dihydropyridines is 1. The van der Waals surface area contributed by atoms with Crippen LogP contribution >= 0.6 is 0 Å². The smallest absolute Gasteiger partial charge is 0.347 e. The molecule has 17 heavy (non-hydrogen) atoms. The second-order valence-electron chi connectivity index (χ2n) is 4.13. The molecule has 0 bridgehead atoms. The maximum atomic E-state index is 12.0. The van der Waals surface area contributed by atoms with Gasteiger partial charge in [-0.05, 0) is 19.5 Å². The van der Waals surface area contributed by atoms with Crippen LogP contribution in [0.1, 0.15) is 13.8 Å². The first kappa shape index (κ1) is 14.2. The Morgan fingerprint density at radius 3 is 2.65 bits per heavy atom. The highest BCUT2D eigenvalue weighted by Gasteiger charge is 2.31. The van der Waals surface area contributed by atoms with Crippen molar-refractivity contribution in [3.05, 3.63) is 11.6 Å². The summed E-state index contributed by atoms with van der Waals surface area (Å²) in [6, 6.07) is 0.129. The van der Waals surface area contributed by atoms with E-state index < -0.39 is 19.0 Å². The van der Waals surface area contributed by atoms with Crippen molar-refractivity contribution in [3.63, 3.8) is 0 Å². The van der Waals surface area contributed by atoms with Crippen molar-refractivity contribution in [3.8, 4) is 0 Å². The summed E-state index contributed by atoms with van der Waals surface area (Å²) >= 11 is 0. The minimum Gasteiger partial charge on any atom is -0.347 e. The average Bonchev–Trinajstić information content (AvgIpc) is 2.25. The highest BCUT2D eigenvalue weighted by Crippen LogP contribution is 2.22. The van der Waals surface area contributed by atoms with Crippen LogP contribution in [0.15, 0.2) is 16.6 Å². The fourth-order valence-corrected chi connectivity index (χ4v) is 1.52. The molecule has 0 amide bonds. The van der Waals surface area contributed by atoms with Crippen LogP contribution in [0, 0.1) is 5.92 Å². The second-order valence-corrected chi connectivity index (χ2v) is 4.13. The minimum atomic E-state index is -4.31. The molecular formula is C11H17F3N2O. The summed E-state index contributed by atoms with van der Waals surface area (Å²) in [5.74, 6) is -0.159. The summed E-state index contributed by atoms with van der Waals surface area (Å²) in [6.07, 6.45) is -1.60. The fourth-order valence-electron chi connectivity index (χ4n) is 1.52. The van der Waals surface area contributed by atoms with Crippen LogP contribution in [0.3, 0.4) is 0 Å². The Balaban J connectivity index is 2.54. The third-order valence-corrected chi connectivity index (χ3v) is 2.63. The second kappa shape index (κ2) is 5.64. The van der Waals surface area contributed by atoms with Gasteiger partial charge in [-0.3, -0.25) is 4.99 Å². The molecule has 0 saturated heterocycles. The molecule has 0 radical (unpaired) electrons. The van der Waals surface area contributed by atoms with Crippen molar-refractivity contribution in [1.82, 2.24) is 5.32 Å². The van der Waals surface area contributed by atoms with E-state index in [9.17, 15) is 13.2 Å². The lowest BCUT2D eigenvalue weighted by Crippen LogP contribution is -2.31. The quantitative estimate of drug-likeness (QED) is 0.829. The first-order valence-corrected chi connectivity index (χ1v) is 5.44. The summed E-state index contributed by atoms with van der Waals surface area (Å²) in [4.78, 5) is 4.01. The van der Waals surface area contributed by atoms with Gasteiger partial charge in [-0.15, -0.1) is 0 Å². The molecule has 0 saturated carbocycles. The lowest BCUT2D eigenvalue weighted by atomic mass is 9.99. The topological polar surface area (TPSA) is 33.6 Å². The molecule has 1 aliphatic heterocycles. The van der Waals surface area contributed by atoms with E-state index in [1.54, 1.807) is 13.1 Å². The van der Waals surface area contributed by atoms with E-state index in [-0.39, 0.29) is 12.0 Å². The standard InChI is InChI=1S/C11H17F3N2O/c1-7-4-9(8(2)15-3)5-16-10(7)17-6-11(12,13)14/h4-5,7-8,10,15H,6H2,1-3H3. The molecule has 3 atom stereocenters. The molecule has 0 fully saturated rings. The zero-order valence-corrected chi connectivity index (χ0v) is 10.1. The van der Waals surface area contributed by atoms with Crippen LogP contribution in [0.25, 0.3) is 0 Å². The van der Waals surface area contributed by atoms with Gasteiger partial charge in [0.1, 0.15) is 6.61 Å². The predicted octanol–water partition coefficient (Wildman–Crippen LogP) is 2.15. The van der Waals surface area contributed by atoms with Crippen LogP contribution in [0.5, 0.6) is 0 Å². The van der Waals surface area contributed by atoms with E-state index >= 15 is 0 Å². The monoisotopic (exact) mass is 250 g/mol. The van der Waals surface area contributed by atoms with Crippen LogP contribution in [0.4, 0.5) is 13.2 Å². The first-order valence-electron chi connectivity index (χ1n) is 5.44. The van der Waals surface area contributed by atoms with Gasteiger partial charge in [0.15, 0.2) is 6.23 Å². The van der Waals surface area contributed by atoms with Crippen molar-refractivity contribution < 1.29 is 17.9 Å². The molecule has 1 aliphatic rings. The Kier molecular flexibility index (Phi) is 4.70. The van der Waals surface area contributed by atoms with Gasteiger partial charge < -0.3 is 10.1 Å². The normalized spacial score (nSPS) is 26.8. The van der Waals surface area contributed by atoms with Gasteiger partial charge >= 0.3 is 6.18 Å². The maximum Gasteiger partial charge on any atom is 0.411 e. The van der Waals surface area contributed by atoms with E-state index in [0.29, 0.717) is 0 Å². The first-order chi connectivity index (χ1) is 7.83. The molecule has 1 rings (SSSR count). The summed E-state index contributed by atoms with van der Waals surface area (Å²) in [6.45, 7) is 2.49. The molecule has 3 nitrogen and oxygen atoms in total. The summed E-state index contributed by atoms with van der Waals surface area (Å²) < 4.78 is 40.7. The van der Waals surface area contributed by atoms with Gasteiger partial charge in [0.25, 0.3) is 0 Å². The SMILES string of the molecule is CNC(C)C1=CC(C)C(OCC(F)(F)F)N=C1. The van der Waals surface area contributed by atoms with E-state index in [1.807, 2.05) is 20.0 Å². The Bertz CT molecular complexity index is 312. The highest BCUT2D eigenvalue weighted by atomic mass is 19.4. The molecule has 3 unspecified atom stereocenters. The third-order valence-electron chi connectivity index (χ3n) is 2.63. The summed E-state index contributed by atoms with van der Waals surface area (Å²) in [5.41, 5.74) is 0.965. The van der Waals surface area contributed by atoms with Gasteiger partial charge in [0, 0.05) is 18.2 Å². The Hall–Kier alpha value is -0.880. The van der Waals surface area contributed by atoms with E-state index in [2.05, 4.69) is 10.3 Å². The van der Waals surface area contributed by atoms with Crippen molar-refractivity contribution in [1.29, 1.82) is 0 Å². The van der Waals surface area contributed by atoms with Gasteiger partial charge in [-0.25, -0.2) is 0 Å². The molecule has 1 N–H and O–H groups in total. The number of nitrogens with one attached hydrogen (secondary N) is 1. The number of hydrogen-bond donors (Lipinski definition) is 1. The van der Waals surface area contributed by atoms with Gasteiger partial charge in [0.05, 0.1) is 0 Å². The van der Waals surface area contributed by atoms with Crippen LogP contribution < -0.4 is 5.32 Å². The van der Waals surface area contributed by atoms with Gasteiger partial charge in [-0.1, -0.05) is 13.0 Å². The van der Waals surface area contributed by atoms with Crippen LogP contribution in [-0.4, -0.2) is 38.3 Å². The zero-order valence-electron chi connectivity index (χ0n) is 10.1. The fraction of sp³-hybridized carbons (Fsp3) is 0.727. The van der Waals surface area contributed by atoms with Crippen LogP contribution in [0.2, 0.25) is 0 Å². The maximum absolute atomic E-state index is 12.0. The predicted molar refractivity (Wildman–Crippen MR) is 60.1 cm³/mol. The molecular weight excluding hydrogens is 233 g/mol. The summed E-state index contributed by atoms with van der Waals surface area (Å²) in [5, 5.41) is 3.05. The molecule has 0 spiro atoms. The Labute approximate surface area is 98.7 Å². The van der Waals surface area contributed by atoms with Crippen LogP contribution in [-0.2, 0) is 4.74 Å². The van der Waals surface area contributed by atoms with E-state index in [0.717, 1.165) is 5.57 Å². The van der Waals surface area contributed by atoms with Gasteiger partial charge in [0.2, 0.25) is 0 Å². The highest BCUT2D eigenvalue weighted by molar-refractivity contribution is 5.81. The van der Waals surface area contributed by atoms with Crippen molar-refractivity contribution in [2.24, 2.45) is 10.9 Å². The third kappa shape index (κ3) is 4.47. The lowest BCUT2D eigenvalue weighted by Gasteiger charge is -2.25. The number of hydrogen-bond acceptors (Lipinski definition) is 3. The van der Waals surface area contributed by atoms with Gasteiger partial charge in [-0.2, -0.15) is 13.2 Å². The number of likely N-dealkylation sites (N-methyl/N-ethyl adjacent to an activating group) is 1. The van der Waals surface area contributed by atoms with E-state index in [1.165, 1.54) is 0 Å². The molecule has 6 heteroatoms. The number of nitrogens with zero attached hydrogens (tertiary/aromatic N) is 1. The van der Waals surface area contributed by atoms with E-state index in [4.69, 9.17) is 4.74 Å². The molecule has 0 aromatic carbocycles. The zero-order chi connectivity index (χ0) is 13.1. The summed E-state index contributed by atoms with van der Waals surface area (Å²) in [7, 11) is 1.82. The number of ether oxygens (including phenoxy) is 1.